The lowest BCUT2D eigenvalue weighted by Gasteiger charge is -1.82. The van der Waals surface area contributed by atoms with Crippen molar-refractivity contribution in [3.05, 3.63) is 30.3 Å². The maximum absolute atomic E-state index is 8.63. The first kappa shape index (κ1) is 11.0. The molecule has 0 unspecified atom stereocenters. The summed E-state index contributed by atoms with van der Waals surface area (Å²) in [5, 5.41) is 8.63. The van der Waals surface area contributed by atoms with E-state index in [0.29, 0.717) is 5.75 Å². The fourth-order valence-electron chi connectivity index (χ4n) is 0.782. The first-order chi connectivity index (χ1) is 5.81. The number of rotatable bonds is 2. The number of aromatic hydroxyl groups is 1. The van der Waals surface area contributed by atoms with E-state index >= 15 is 0 Å². The Bertz CT molecular complexity index is 168. The molecule has 0 saturated carbocycles. The maximum atomic E-state index is 8.63. The van der Waals surface area contributed by atoms with Crippen molar-refractivity contribution >= 4 is 0 Å². The Morgan fingerprint density at radius 3 is 1.67 bits per heavy atom. The Hall–Kier alpha value is -0.980. The summed E-state index contributed by atoms with van der Waals surface area (Å²) in [6.07, 6.45) is 4.08. The average molecular weight is 166 g/mol. The first-order valence-electron chi connectivity index (χ1n) is 4.55. The van der Waals surface area contributed by atoms with Gasteiger partial charge in [0.05, 0.1) is 0 Å². The van der Waals surface area contributed by atoms with Gasteiger partial charge in [-0.15, -0.1) is 0 Å². The largest absolute Gasteiger partial charge is 0.508 e. The molecular weight excluding hydrogens is 148 g/mol. The topological polar surface area (TPSA) is 20.2 Å². The summed E-state index contributed by atoms with van der Waals surface area (Å²) in [6.45, 7) is 4.42. The van der Waals surface area contributed by atoms with Crippen molar-refractivity contribution in [3.8, 4) is 5.75 Å². The summed E-state index contributed by atoms with van der Waals surface area (Å²) < 4.78 is 0. The summed E-state index contributed by atoms with van der Waals surface area (Å²) in [5.74, 6) is 0.322. The molecule has 0 fully saturated rings. The SMILES string of the molecule is CCCCC.Oc1ccccc1. The number of benzene rings is 1. The van der Waals surface area contributed by atoms with E-state index in [1.165, 1.54) is 19.3 Å². The van der Waals surface area contributed by atoms with E-state index in [2.05, 4.69) is 13.8 Å². The van der Waals surface area contributed by atoms with Gasteiger partial charge in [0.2, 0.25) is 0 Å². The van der Waals surface area contributed by atoms with Crippen LogP contribution in [0, 0.1) is 0 Å². The molecule has 0 radical (unpaired) electrons. The quantitative estimate of drug-likeness (QED) is 0.711. The van der Waals surface area contributed by atoms with E-state index in [9.17, 15) is 0 Å². The molecule has 0 amide bonds. The van der Waals surface area contributed by atoms with Gasteiger partial charge >= 0.3 is 0 Å². The summed E-state index contributed by atoms with van der Waals surface area (Å²) in [6, 6.07) is 8.71. The van der Waals surface area contributed by atoms with E-state index in [4.69, 9.17) is 5.11 Å². The lowest BCUT2D eigenvalue weighted by molar-refractivity contribution is 0.475. The summed E-state index contributed by atoms with van der Waals surface area (Å²) >= 11 is 0. The van der Waals surface area contributed by atoms with Crippen LogP contribution >= 0.6 is 0 Å². The van der Waals surface area contributed by atoms with E-state index < -0.39 is 0 Å². The second-order valence-electron chi connectivity index (χ2n) is 2.69. The van der Waals surface area contributed by atoms with Crippen molar-refractivity contribution in [2.75, 3.05) is 0 Å². The van der Waals surface area contributed by atoms with Gasteiger partial charge in [0, 0.05) is 0 Å². The molecule has 0 spiro atoms. The van der Waals surface area contributed by atoms with Crippen molar-refractivity contribution < 1.29 is 5.11 Å². The molecule has 1 nitrogen and oxygen atoms in total. The van der Waals surface area contributed by atoms with Crippen LogP contribution < -0.4 is 0 Å². The molecule has 1 heteroatoms. The second kappa shape index (κ2) is 8.12. The minimum Gasteiger partial charge on any atom is -0.508 e. The molecule has 0 heterocycles. The Balaban J connectivity index is 0.000000217. The van der Waals surface area contributed by atoms with Gasteiger partial charge in [-0.3, -0.25) is 0 Å². The van der Waals surface area contributed by atoms with Gasteiger partial charge < -0.3 is 5.11 Å². The molecule has 0 aliphatic carbocycles. The summed E-state index contributed by atoms with van der Waals surface area (Å²) in [5.41, 5.74) is 0. The highest BCUT2D eigenvalue weighted by Gasteiger charge is 1.74. The molecule has 1 N–H and O–H groups in total. The van der Waals surface area contributed by atoms with Crippen molar-refractivity contribution in [1.82, 2.24) is 0 Å². The molecule has 0 atom stereocenters. The zero-order chi connectivity index (χ0) is 9.23. The third-order valence-corrected chi connectivity index (χ3v) is 1.46. The zero-order valence-corrected chi connectivity index (χ0v) is 7.96. The normalized spacial score (nSPS) is 8.50. The highest BCUT2D eigenvalue weighted by atomic mass is 16.3. The first-order valence-corrected chi connectivity index (χ1v) is 4.55. The van der Waals surface area contributed by atoms with Crippen LogP contribution in [0.5, 0.6) is 5.75 Å². The second-order valence-corrected chi connectivity index (χ2v) is 2.69. The van der Waals surface area contributed by atoms with Crippen LogP contribution in [0.25, 0.3) is 0 Å². The molecule has 0 aliphatic heterocycles. The van der Waals surface area contributed by atoms with Gasteiger partial charge in [0.1, 0.15) is 5.75 Å². The molecular formula is C11H18O. The standard InChI is InChI=1S/C6H6O.C5H12/c7-6-4-2-1-3-5-6;1-3-5-4-2/h1-5,7H;3-5H2,1-2H3. The van der Waals surface area contributed by atoms with Gasteiger partial charge in [0.25, 0.3) is 0 Å². The number of hydrogen-bond acceptors (Lipinski definition) is 1. The van der Waals surface area contributed by atoms with Gasteiger partial charge in [-0.05, 0) is 12.1 Å². The highest BCUT2D eigenvalue weighted by molar-refractivity contribution is 5.18. The number of phenolic OH excluding ortho intramolecular Hbond substituents is 1. The van der Waals surface area contributed by atoms with Crippen molar-refractivity contribution in [2.24, 2.45) is 0 Å². The Labute approximate surface area is 75.1 Å². The Kier molecular flexibility index (Phi) is 7.46. The van der Waals surface area contributed by atoms with E-state index in [1.807, 2.05) is 6.07 Å². The molecule has 1 aromatic carbocycles. The highest BCUT2D eigenvalue weighted by Crippen LogP contribution is 2.02. The minimum atomic E-state index is 0.322. The maximum Gasteiger partial charge on any atom is 0.115 e. The van der Waals surface area contributed by atoms with Crippen molar-refractivity contribution in [2.45, 2.75) is 33.1 Å². The Morgan fingerprint density at radius 1 is 1.00 bits per heavy atom. The fraction of sp³-hybridized carbons (Fsp3) is 0.455. The van der Waals surface area contributed by atoms with E-state index in [-0.39, 0.29) is 0 Å². The van der Waals surface area contributed by atoms with Gasteiger partial charge in [-0.2, -0.15) is 0 Å². The average Bonchev–Trinajstić information content (AvgIpc) is 2.08. The molecule has 12 heavy (non-hydrogen) atoms. The van der Waals surface area contributed by atoms with Crippen LogP contribution in [-0.2, 0) is 0 Å². The number of para-hydroxylation sites is 1. The van der Waals surface area contributed by atoms with Crippen LogP contribution in [0.2, 0.25) is 0 Å². The predicted octanol–water partition coefficient (Wildman–Crippen LogP) is 3.59. The van der Waals surface area contributed by atoms with Crippen molar-refractivity contribution in [3.63, 3.8) is 0 Å². The number of phenols is 1. The van der Waals surface area contributed by atoms with Crippen molar-refractivity contribution in [1.29, 1.82) is 0 Å². The lowest BCUT2D eigenvalue weighted by atomic mass is 10.3. The molecule has 68 valence electrons. The summed E-state index contributed by atoms with van der Waals surface area (Å²) in [7, 11) is 0. The lowest BCUT2D eigenvalue weighted by Crippen LogP contribution is -1.59. The molecule has 0 bridgehead atoms. The van der Waals surface area contributed by atoms with Crippen LogP contribution in [-0.4, -0.2) is 5.11 Å². The zero-order valence-electron chi connectivity index (χ0n) is 7.96. The smallest absolute Gasteiger partial charge is 0.115 e. The monoisotopic (exact) mass is 166 g/mol. The van der Waals surface area contributed by atoms with Gasteiger partial charge in [-0.25, -0.2) is 0 Å². The molecule has 1 rings (SSSR count). The number of unbranched alkanes of at least 4 members (excludes halogenated alkanes) is 2. The van der Waals surface area contributed by atoms with Crippen LogP contribution in [0.4, 0.5) is 0 Å². The van der Waals surface area contributed by atoms with E-state index in [1.54, 1.807) is 24.3 Å². The number of hydrogen-bond donors (Lipinski definition) is 1. The molecule has 0 aromatic heterocycles. The van der Waals surface area contributed by atoms with E-state index in [0.717, 1.165) is 0 Å². The van der Waals surface area contributed by atoms with Crippen LogP contribution in [0.1, 0.15) is 33.1 Å². The van der Waals surface area contributed by atoms with Gasteiger partial charge in [0.15, 0.2) is 0 Å². The van der Waals surface area contributed by atoms with Crippen LogP contribution in [0.3, 0.4) is 0 Å². The third kappa shape index (κ3) is 7.13. The fourth-order valence-corrected chi connectivity index (χ4v) is 0.782. The van der Waals surface area contributed by atoms with Crippen LogP contribution in [0.15, 0.2) is 30.3 Å². The molecule has 1 aromatic rings. The summed E-state index contributed by atoms with van der Waals surface area (Å²) in [4.78, 5) is 0. The predicted molar refractivity (Wildman–Crippen MR) is 53.3 cm³/mol. The molecule has 0 saturated heterocycles. The minimum absolute atomic E-state index is 0.322. The van der Waals surface area contributed by atoms with Gasteiger partial charge in [-0.1, -0.05) is 51.3 Å². The third-order valence-electron chi connectivity index (χ3n) is 1.46. The Morgan fingerprint density at radius 2 is 1.50 bits per heavy atom. The molecule has 0 aliphatic rings.